The number of carbonyl (C=O) groups excluding carboxylic acids is 2. The Morgan fingerprint density at radius 1 is 1.21 bits per heavy atom. The molecule has 2 aliphatic heterocycles. The molecule has 3 heterocycles. The lowest BCUT2D eigenvalue weighted by Crippen LogP contribution is -2.52. The number of nitrogens with one attached hydrogen (secondary N) is 2. The van der Waals surface area contributed by atoms with Crippen molar-refractivity contribution in [3.8, 4) is 0 Å². The first-order valence-corrected chi connectivity index (χ1v) is 10.1. The first-order chi connectivity index (χ1) is 14.1. The molecule has 156 valence electrons. The summed E-state index contributed by atoms with van der Waals surface area (Å²) in [5.74, 6) is -0.519. The van der Waals surface area contributed by atoms with Gasteiger partial charge in [-0.1, -0.05) is 0 Å². The van der Waals surface area contributed by atoms with Gasteiger partial charge in [0, 0.05) is 57.9 Å². The number of carbonyl (C=O) groups is 2. The van der Waals surface area contributed by atoms with Gasteiger partial charge in [0.25, 0.3) is 0 Å². The summed E-state index contributed by atoms with van der Waals surface area (Å²) >= 11 is 0. The zero-order chi connectivity index (χ0) is 20.2. The second-order valence-corrected chi connectivity index (χ2v) is 7.55. The Balaban J connectivity index is 1.20. The molecule has 2 aromatic rings. The average Bonchev–Trinajstić information content (AvgIpc) is 3.38. The van der Waals surface area contributed by atoms with Crippen LogP contribution in [-0.2, 0) is 4.74 Å². The van der Waals surface area contributed by atoms with Gasteiger partial charge in [-0.3, -0.25) is 14.7 Å². The number of Topliss-reactive ketones (excluding diaryl/α,β-unsaturated/α-hetero) is 1. The molecule has 0 aliphatic carbocycles. The van der Waals surface area contributed by atoms with Gasteiger partial charge < -0.3 is 19.4 Å². The fourth-order valence-corrected chi connectivity index (χ4v) is 3.82. The van der Waals surface area contributed by atoms with Crippen LogP contribution >= 0.6 is 0 Å². The maximum absolute atomic E-state index is 12.5. The molecule has 9 nitrogen and oxygen atoms in total. The number of benzene rings is 1. The van der Waals surface area contributed by atoms with Gasteiger partial charge in [0.05, 0.1) is 11.6 Å². The summed E-state index contributed by atoms with van der Waals surface area (Å²) in [6, 6.07) is 4.94. The summed E-state index contributed by atoms with van der Waals surface area (Å²) in [6.45, 7) is 4.76. The highest BCUT2D eigenvalue weighted by Crippen LogP contribution is 2.15. The summed E-state index contributed by atoms with van der Waals surface area (Å²) in [6.07, 6.45) is 2.59. The number of hydrogen-bond acceptors (Lipinski definition) is 6. The normalized spacial score (nSPS) is 20.3. The molecule has 1 aromatic heterocycles. The third-order valence-electron chi connectivity index (χ3n) is 5.56. The molecule has 9 heteroatoms. The van der Waals surface area contributed by atoms with E-state index in [1.807, 2.05) is 4.90 Å². The molecule has 2 aliphatic rings. The minimum Gasteiger partial charge on any atom is -0.408 e. The van der Waals surface area contributed by atoms with Gasteiger partial charge in [0.2, 0.25) is 0 Å². The largest absolute Gasteiger partial charge is 0.417 e. The fraction of sp³-hybridized carbons (Fsp3) is 0.550. The molecular weight excluding hydrogens is 376 g/mol. The monoisotopic (exact) mass is 402 g/mol. The Morgan fingerprint density at radius 3 is 2.79 bits per heavy atom. The Morgan fingerprint density at radius 2 is 2.03 bits per heavy atom. The summed E-state index contributed by atoms with van der Waals surface area (Å²) in [5.41, 5.74) is 1.51. The van der Waals surface area contributed by atoms with Crippen molar-refractivity contribution in [1.29, 1.82) is 0 Å². The number of aromatic nitrogens is 1. The number of oxazole rings is 1. The highest BCUT2D eigenvalue weighted by molar-refractivity contribution is 5.98. The van der Waals surface area contributed by atoms with E-state index in [1.165, 1.54) is 0 Å². The van der Waals surface area contributed by atoms with Crippen molar-refractivity contribution < 1.29 is 18.7 Å². The van der Waals surface area contributed by atoms with E-state index in [2.05, 4.69) is 15.2 Å². The molecule has 2 fully saturated rings. The van der Waals surface area contributed by atoms with Crippen LogP contribution in [0.4, 0.5) is 4.79 Å². The zero-order valence-electron chi connectivity index (χ0n) is 16.3. The fourth-order valence-electron chi connectivity index (χ4n) is 3.82. The molecular formula is C20H26N4O5. The van der Waals surface area contributed by atoms with Gasteiger partial charge >= 0.3 is 11.8 Å². The van der Waals surface area contributed by atoms with Crippen LogP contribution in [-0.4, -0.2) is 78.6 Å². The Kier molecular flexibility index (Phi) is 5.96. The maximum Gasteiger partial charge on any atom is 0.417 e. The van der Waals surface area contributed by atoms with E-state index < -0.39 is 5.76 Å². The second-order valence-electron chi connectivity index (χ2n) is 7.55. The number of ether oxygens (including phenoxy) is 1. The van der Waals surface area contributed by atoms with E-state index in [1.54, 1.807) is 18.2 Å². The van der Waals surface area contributed by atoms with Crippen molar-refractivity contribution in [3.05, 3.63) is 34.3 Å². The van der Waals surface area contributed by atoms with Gasteiger partial charge in [-0.25, -0.2) is 9.59 Å². The predicted octanol–water partition coefficient (Wildman–Crippen LogP) is 1.20. The number of rotatable bonds is 6. The lowest BCUT2D eigenvalue weighted by atomic mass is 10.1. The Hall–Kier alpha value is -2.65. The van der Waals surface area contributed by atoms with Gasteiger partial charge in [-0.2, -0.15) is 0 Å². The number of ketones is 1. The van der Waals surface area contributed by atoms with Gasteiger partial charge in [0.1, 0.15) is 0 Å². The standard InChI is InChI=1S/C20H26N4O5/c25-17(14-3-4-16-18(12-14)29-20(27)22-16)5-6-23-7-9-24(10-8-23)19(26)21-13-15-2-1-11-28-15/h3-4,12,15H,1-2,5-11,13H2,(H,21,26)(H,22,27). The first-order valence-electron chi connectivity index (χ1n) is 10.1. The van der Waals surface area contributed by atoms with Gasteiger partial charge in [0.15, 0.2) is 11.4 Å². The van der Waals surface area contributed by atoms with Crippen molar-refractivity contribution in [1.82, 2.24) is 20.1 Å². The van der Waals surface area contributed by atoms with Crippen LogP contribution in [0.5, 0.6) is 0 Å². The van der Waals surface area contributed by atoms with E-state index in [0.717, 1.165) is 32.5 Å². The van der Waals surface area contributed by atoms with Crippen molar-refractivity contribution >= 4 is 22.9 Å². The minimum absolute atomic E-state index is 0.00693. The van der Waals surface area contributed by atoms with Crippen LogP contribution in [0.3, 0.4) is 0 Å². The van der Waals surface area contributed by atoms with E-state index in [4.69, 9.17) is 9.15 Å². The average molecular weight is 402 g/mol. The number of urea groups is 1. The number of piperazine rings is 1. The molecule has 2 N–H and O–H groups in total. The summed E-state index contributed by atoms with van der Waals surface area (Å²) in [5, 5.41) is 2.95. The van der Waals surface area contributed by atoms with Crippen molar-refractivity contribution in [2.24, 2.45) is 0 Å². The molecule has 0 bridgehead atoms. The third kappa shape index (κ3) is 4.86. The van der Waals surface area contributed by atoms with Crippen LogP contribution in [0, 0.1) is 0 Å². The number of fused-ring (bicyclic) bond motifs is 1. The smallest absolute Gasteiger partial charge is 0.408 e. The lowest BCUT2D eigenvalue weighted by Gasteiger charge is -2.34. The van der Waals surface area contributed by atoms with E-state index in [9.17, 15) is 14.4 Å². The molecule has 0 spiro atoms. The molecule has 2 amide bonds. The van der Waals surface area contributed by atoms with Crippen LogP contribution in [0.25, 0.3) is 11.1 Å². The van der Waals surface area contributed by atoms with Crippen LogP contribution < -0.4 is 11.1 Å². The number of hydrogen-bond donors (Lipinski definition) is 2. The topological polar surface area (TPSA) is 108 Å². The molecule has 2 saturated heterocycles. The van der Waals surface area contributed by atoms with Gasteiger partial charge in [-0.15, -0.1) is 0 Å². The zero-order valence-corrected chi connectivity index (χ0v) is 16.3. The number of aromatic amines is 1. The molecule has 29 heavy (non-hydrogen) atoms. The molecule has 4 rings (SSSR count). The summed E-state index contributed by atoms with van der Waals surface area (Å²) in [4.78, 5) is 42.6. The van der Waals surface area contributed by atoms with Crippen LogP contribution in [0.1, 0.15) is 29.6 Å². The lowest BCUT2D eigenvalue weighted by molar-refractivity contribution is 0.0930. The Labute approximate surface area is 168 Å². The number of amides is 2. The quantitative estimate of drug-likeness (QED) is 0.703. The highest BCUT2D eigenvalue weighted by Gasteiger charge is 2.23. The molecule has 1 unspecified atom stereocenters. The molecule has 1 aromatic carbocycles. The summed E-state index contributed by atoms with van der Waals surface area (Å²) < 4.78 is 10.5. The SMILES string of the molecule is O=C(CCN1CCN(C(=O)NCC2CCCO2)CC1)c1ccc2[nH]c(=O)oc2c1. The third-order valence-corrected chi connectivity index (χ3v) is 5.56. The van der Waals surface area contributed by atoms with Crippen molar-refractivity contribution in [2.45, 2.75) is 25.4 Å². The maximum atomic E-state index is 12.5. The molecule has 1 atom stereocenters. The second kappa shape index (κ2) is 8.79. The van der Waals surface area contributed by atoms with Crippen molar-refractivity contribution in [3.63, 3.8) is 0 Å². The first kappa shape index (κ1) is 19.7. The summed E-state index contributed by atoms with van der Waals surface area (Å²) in [7, 11) is 0. The van der Waals surface area contributed by atoms with Crippen molar-refractivity contribution in [2.75, 3.05) is 45.9 Å². The highest BCUT2D eigenvalue weighted by atomic mass is 16.5. The number of H-pyrrole nitrogens is 1. The molecule has 0 radical (unpaired) electrons. The van der Waals surface area contributed by atoms with E-state index >= 15 is 0 Å². The Bertz CT molecular complexity index is 922. The van der Waals surface area contributed by atoms with Crippen LogP contribution in [0.15, 0.2) is 27.4 Å². The van der Waals surface area contributed by atoms with Crippen LogP contribution in [0.2, 0.25) is 0 Å². The van der Waals surface area contributed by atoms with Gasteiger partial charge in [-0.05, 0) is 31.0 Å². The minimum atomic E-state index is -0.526. The molecule has 0 saturated carbocycles. The predicted molar refractivity (Wildman–Crippen MR) is 106 cm³/mol. The van der Waals surface area contributed by atoms with E-state index in [0.29, 0.717) is 49.3 Å². The van der Waals surface area contributed by atoms with E-state index in [-0.39, 0.29) is 17.9 Å². The number of nitrogens with zero attached hydrogens (tertiary/aromatic N) is 2.